The first kappa shape index (κ1) is 14.1. The van der Waals surface area contributed by atoms with E-state index >= 15 is 0 Å². The van der Waals surface area contributed by atoms with E-state index in [9.17, 15) is 4.79 Å². The quantitative estimate of drug-likeness (QED) is 0.867. The molecule has 0 bridgehead atoms. The lowest BCUT2D eigenvalue weighted by Gasteiger charge is -2.08. The second kappa shape index (κ2) is 6.19. The number of aryl methyl sites for hydroxylation is 2. The highest BCUT2D eigenvalue weighted by atomic mass is 16.5. The van der Waals surface area contributed by atoms with Crippen LogP contribution in [0.2, 0.25) is 0 Å². The summed E-state index contributed by atoms with van der Waals surface area (Å²) in [6.07, 6.45) is 1.53. The third kappa shape index (κ3) is 3.57. The van der Waals surface area contributed by atoms with Crippen molar-refractivity contribution in [2.75, 3.05) is 12.4 Å². The van der Waals surface area contributed by atoms with Crippen LogP contribution in [0.1, 0.15) is 27.2 Å². The Morgan fingerprint density at radius 2 is 1.90 bits per heavy atom. The predicted molar refractivity (Wildman–Crippen MR) is 78.8 cm³/mol. The SMILES string of the molecule is COC(=O)c1ccc(CNc2cc(C)cc(C)c2)nc1. The zero-order valence-corrected chi connectivity index (χ0v) is 11.9. The second-order valence-electron chi connectivity index (χ2n) is 4.76. The summed E-state index contributed by atoms with van der Waals surface area (Å²) in [6.45, 7) is 4.76. The first-order valence-electron chi connectivity index (χ1n) is 6.44. The van der Waals surface area contributed by atoms with Crippen molar-refractivity contribution in [3.63, 3.8) is 0 Å². The molecule has 0 saturated heterocycles. The number of benzene rings is 1. The Hall–Kier alpha value is -2.36. The summed E-state index contributed by atoms with van der Waals surface area (Å²) in [6, 6.07) is 9.86. The molecule has 0 aliphatic carbocycles. The van der Waals surface area contributed by atoms with E-state index in [0.29, 0.717) is 12.1 Å². The molecule has 0 spiro atoms. The highest BCUT2D eigenvalue weighted by molar-refractivity contribution is 5.88. The van der Waals surface area contributed by atoms with Gasteiger partial charge in [0.1, 0.15) is 0 Å². The lowest BCUT2D eigenvalue weighted by molar-refractivity contribution is 0.0600. The summed E-state index contributed by atoms with van der Waals surface area (Å²) < 4.78 is 4.64. The van der Waals surface area contributed by atoms with Gasteiger partial charge in [0.2, 0.25) is 0 Å². The Morgan fingerprint density at radius 1 is 1.20 bits per heavy atom. The summed E-state index contributed by atoms with van der Waals surface area (Å²) in [5.41, 5.74) is 4.85. The highest BCUT2D eigenvalue weighted by Crippen LogP contribution is 2.14. The number of methoxy groups -OCH3 is 1. The number of anilines is 1. The maximum Gasteiger partial charge on any atom is 0.339 e. The van der Waals surface area contributed by atoms with Gasteiger partial charge in [0.15, 0.2) is 0 Å². The molecule has 4 nitrogen and oxygen atoms in total. The minimum Gasteiger partial charge on any atom is -0.465 e. The lowest BCUT2D eigenvalue weighted by Crippen LogP contribution is -2.05. The molecule has 0 saturated carbocycles. The van der Waals surface area contributed by atoms with Crippen LogP contribution in [0.4, 0.5) is 5.69 Å². The average Bonchev–Trinajstić information content (AvgIpc) is 2.44. The van der Waals surface area contributed by atoms with Gasteiger partial charge in [-0.25, -0.2) is 4.79 Å². The number of carbonyl (C=O) groups excluding carboxylic acids is 1. The Morgan fingerprint density at radius 3 is 2.45 bits per heavy atom. The van der Waals surface area contributed by atoms with Crippen molar-refractivity contribution in [1.82, 2.24) is 4.98 Å². The number of ether oxygens (including phenoxy) is 1. The van der Waals surface area contributed by atoms with E-state index in [0.717, 1.165) is 11.4 Å². The van der Waals surface area contributed by atoms with Gasteiger partial charge in [0, 0.05) is 11.9 Å². The molecule has 20 heavy (non-hydrogen) atoms. The number of nitrogens with zero attached hydrogens (tertiary/aromatic N) is 1. The van der Waals surface area contributed by atoms with E-state index in [1.807, 2.05) is 6.07 Å². The lowest BCUT2D eigenvalue weighted by atomic mass is 10.1. The molecule has 1 N–H and O–H groups in total. The molecule has 0 radical (unpaired) electrons. The molecule has 0 atom stereocenters. The number of carbonyl (C=O) groups is 1. The van der Waals surface area contributed by atoms with Gasteiger partial charge in [-0.3, -0.25) is 4.98 Å². The molecule has 0 unspecified atom stereocenters. The molecule has 1 heterocycles. The Bertz CT molecular complexity index is 586. The van der Waals surface area contributed by atoms with E-state index in [1.54, 1.807) is 6.07 Å². The van der Waals surface area contributed by atoms with Crippen LogP contribution in [0.3, 0.4) is 0 Å². The average molecular weight is 270 g/mol. The molecule has 0 aliphatic rings. The zero-order chi connectivity index (χ0) is 14.5. The van der Waals surface area contributed by atoms with Gasteiger partial charge in [-0.05, 0) is 49.2 Å². The number of esters is 1. The molecule has 2 aromatic rings. The number of hydrogen-bond acceptors (Lipinski definition) is 4. The summed E-state index contributed by atoms with van der Waals surface area (Å²) in [4.78, 5) is 15.5. The van der Waals surface area contributed by atoms with Crippen molar-refractivity contribution in [1.29, 1.82) is 0 Å². The van der Waals surface area contributed by atoms with E-state index in [2.05, 4.69) is 47.1 Å². The van der Waals surface area contributed by atoms with Crippen LogP contribution < -0.4 is 5.32 Å². The third-order valence-electron chi connectivity index (χ3n) is 2.94. The van der Waals surface area contributed by atoms with Gasteiger partial charge >= 0.3 is 5.97 Å². The van der Waals surface area contributed by atoms with Crippen molar-refractivity contribution in [3.8, 4) is 0 Å². The van der Waals surface area contributed by atoms with Gasteiger partial charge in [-0.15, -0.1) is 0 Å². The van der Waals surface area contributed by atoms with E-state index in [-0.39, 0.29) is 5.97 Å². The monoisotopic (exact) mass is 270 g/mol. The standard InChI is InChI=1S/C16H18N2O2/c1-11-6-12(2)8-15(7-11)18-10-14-5-4-13(9-17-14)16(19)20-3/h4-9,18H,10H2,1-3H3. The number of rotatable bonds is 4. The molecule has 4 heteroatoms. The molecule has 0 amide bonds. The van der Waals surface area contributed by atoms with E-state index < -0.39 is 0 Å². The Labute approximate surface area is 118 Å². The second-order valence-corrected chi connectivity index (χ2v) is 4.76. The fourth-order valence-electron chi connectivity index (χ4n) is 2.04. The largest absolute Gasteiger partial charge is 0.465 e. The van der Waals surface area contributed by atoms with Gasteiger partial charge in [0.25, 0.3) is 0 Å². The van der Waals surface area contributed by atoms with Crippen LogP contribution in [0.15, 0.2) is 36.5 Å². The van der Waals surface area contributed by atoms with E-state index in [4.69, 9.17) is 0 Å². The highest BCUT2D eigenvalue weighted by Gasteiger charge is 2.05. The number of nitrogens with one attached hydrogen (secondary N) is 1. The van der Waals surface area contributed by atoms with Crippen LogP contribution in [0.25, 0.3) is 0 Å². The molecule has 1 aromatic heterocycles. The van der Waals surface area contributed by atoms with E-state index in [1.165, 1.54) is 24.4 Å². The number of hydrogen-bond donors (Lipinski definition) is 1. The smallest absolute Gasteiger partial charge is 0.339 e. The van der Waals surface area contributed by atoms with Crippen LogP contribution in [0, 0.1) is 13.8 Å². The molecular weight excluding hydrogens is 252 g/mol. The van der Waals surface area contributed by atoms with Crippen LogP contribution >= 0.6 is 0 Å². The predicted octanol–water partition coefficient (Wildman–Crippen LogP) is 3.10. The summed E-state index contributed by atoms with van der Waals surface area (Å²) >= 11 is 0. The van der Waals surface area contributed by atoms with Crippen LogP contribution in [-0.4, -0.2) is 18.1 Å². The zero-order valence-electron chi connectivity index (χ0n) is 11.9. The summed E-state index contributed by atoms with van der Waals surface area (Å²) in [7, 11) is 1.36. The third-order valence-corrected chi connectivity index (χ3v) is 2.94. The molecule has 1 aromatic carbocycles. The van der Waals surface area contributed by atoms with Crippen molar-refractivity contribution < 1.29 is 9.53 Å². The molecule has 0 fully saturated rings. The molecular formula is C16H18N2O2. The van der Waals surface area contributed by atoms with Gasteiger partial charge < -0.3 is 10.1 Å². The topological polar surface area (TPSA) is 51.2 Å². The maximum atomic E-state index is 11.3. The van der Waals surface area contributed by atoms with Crippen LogP contribution in [0.5, 0.6) is 0 Å². The van der Waals surface area contributed by atoms with Crippen molar-refractivity contribution in [2.24, 2.45) is 0 Å². The minimum atomic E-state index is -0.369. The number of aromatic nitrogens is 1. The number of pyridine rings is 1. The normalized spacial score (nSPS) is 10.2. The maximum absolute atomic E-state index is 11.3. The van der Waals surface area contributed by atoms with Crippen molar-refractivity contribution in [2.45, 2.75) is 20.4 Å². The first-order chi connectivity index (χ1) is 9.58. The minimum absolute atomic E-state index is 0.369. The van der Waals surface area contributed by atoms with Crippen molar-refractivity contribution in [3.05, 3.63) is 58.9 Å². The first-order valence-corrected chi connectivity index (χ1v) is 6.44. The molecule has 0 aliphatic heterocycles. The van der Waals surface area contributed by atoms with Gasteiger partial charge in [-0.2, -0.15) is 0 Å². The van der Waals surface area contributed by atoms with Crippen LogP contribution in [-0.2, 0) is 11.3 Å². The van der Waals surface area contributed by atoms with Gasteiger partial charge in [-0.1, -0.05) is 6.07 Å². The summed E-state index contributed by atoms with van der Waals surface area (Å²) in [5, 5.41) is 3.33. The molecule has 2 rings (SSSR count). The Balaban J connectivity index is 2.02. The molecule has 104 valence electrons. The van der Waals surface area contributed by atoms with Gasteiger partial charge in [0.05, 0.1) is 24.9 Å². The fraction of sp³-hybridized carbons (Fsp3) is 0.250. The Kier molecular flexibility index (Phi) is 4.35. The van der Waals surface area contributed by atoms with Crippen molar-refractivity contribution >= 4 is 11.7 Å². The fourth-order valence-corrected chi connectivity index (χ4v) is 2.04. The summed E-state index contributed by atoms with van der Waals surface area (Å²) in [5.74, 6) is -0.369.